The Hall–Kier alpha value is -1.16. The van der Waals surface area contributed by atoms with Crippen molar-refractivity contribution < 1.29 is 13.2 Å². The van der Waals surface area contributed by atoms with E-state index in [0.717, 1.165) is 18.4 Å². The molecule has 1 aromatic carbocycles. The third-order valence-electron chi connectivity index (χ3n) is 3.26. The summed E-state index contributed by atoms with van der Waals surface area (Å²) in [4.78, 5) is 11.9. The highest BCUT2D eigenvalue weighted by molar-refractivity contribution is 7.91. The van der Waals surface area contributed by atoms with Crippen LogP contribution in [0.3, 0.4) is 0 Å². The zero-order valence-electron chi connectivity index (χ0n) is 12.6. The van der Waals surface area contributed by atoms with Crippen LogP contribution in [0.25, 0.3) is 0 Å². The normalized spacial score (nSPS) is 11.8. The van der Waals surface area contributed by atoms with Crippen LogP contribution in [0.1, 0.15) is 45.6 Å². The number of carbonyl (C=O) groups is 1. The summed E-state index contributed by atoms with van der Waals surface area (Å²) in [5, 5.41) is 0. The maximum atomic E-state index is 12.0. The van der Waals surface area contributed by atoms with Crippen LogP contribution >= 0.6 is 0 Å². The smallest absolute Gasteiger partial charge is 0.178 e. The standard InChI is InChI=1S/C16H24O3S/c1-4-11-20(18,19)15-9-5-7-14(12-15)8-6-10-16(17)13(2)3/h5,7,9,12-13H,4,6,8,10-11H2,1-3H3. The highest BCUT2D eigenvalue weighted by Gasteiger charge is 2.13. The molecule has 0 aromatic heterocycles. The fourth-order valence-corrected chi connectivity index (χ4v) is 3.43. The van der Waals surface area contributed by atoms with Gasteiger partial charge in [-0.3, -0.25) is 4.79 Å². The molecule has 0 saturated heterocycles. The molecule has 20 heavy (non-hydrogen) atoms. The number of benzene rings is 1. The Labute approximate surface area is 122 Å². The Bertz CT molecular complexity index is 545. The van der Waals surface area contributed by atoms with Crippen molar-refractivity contribution in [2.45, 2.75) is 51.3 Å². The average molecular weight is 296 g/mol. The van der Waals surface area contributed by atoms with Crippen LogP contribution in [0.5, 0.6) is 0 Å². The van der Waals surface area contributed by atoms with E-state index in [1.165, 1.54) is 0 Å². The number of Topliss-reactive ketones (excluding diaryl/α,β-unsaturated/α-hetero) is 1. The SMILES string of the molecule is CCCS(=O)(=O)c1cccc(CCCC(=O)C(C)C)c1. The van der Waals surface area contributed by atoms with E-state index in [2.05, 4.69) is 0 Å². The zero-order valence-corrected chi connectivity index (χ0v) is 13.4. The van der Waals surface area contributed by atoms with Crippen molar-refractivity contribution in [1.29, 1.82) is 0 Å². The Morgan fingerprint density at radius 3 is 2.55 bits per heavy atom. The van der Waals surface area contributed by atoms with Crippen molar-refractivity contribution in [2.24, 2.45) is 5.92 Å². The molecule has 0 aliphatic carbocycles. The lowest BCUT2D eigenvalue weighted by Gasteiger charge is -2.07. The van der Waals surface area contributed by atoms with Gasteiger partial charge in [-0.25, -0.2) is 8.42 Å². The van der Waals surface area contributed by atoms with E-state index in [9.17, 15) is 13.2 Å². The Kier molecular flexibility index (Phi) is 6.40. The van der Waals surface area contributed by atoms with Gasteiger partial charge in [0.15, 0.2) is 9.84 Å². The van der Waals surface area contributed by atoms with Crippen LogP contribution in [0.4, 0.5) is 0 Å². The molecule has 0 heterocycles. The lowest BCUT2D eigenvalue weighted by Crippen LogP contribution is -2.08. The van der Waals surface area contributed by atoms with Crippen molar-refractivity contribution in [3.63, 3.8) is 0 Å². The number of hydrogen-bond acceptors (Lipinski definition) is 3. The van der Waals surface area contributed by atoms with Crippen molar-refractivity contribution in [2.75, 3.05) is 5.75 Å². The number of ketones is 1. The minimum atomic E-state index is -3.15. The van der Waals surface area contributed by atoms with Crippen molar-refractivity contribution in [3.8, 4) is 0 Å². The number of aryl methyl sites for hydroxylation is 1. The van der Waals surface area contributed by atoms with Gasteiger partial charge in [-0.15, -0.1) is 0 Å². The van der Waals surface area contributed by atoms with Gasteiger partial charge < -0.3 is 0 Å². The largest absolute Gasteiger partial charge is 0.299 e. The predicted octanol–water partition coefficient (Wildman–Crippen LogP) is 3.42. The lowest BCUT2D eigenvalue weighted by molar-refractivity contribution is -0.121. The summed E-state index contributed by atoms with van der Waals surface area (Å²) < 4.78 is 24.0. The van der Waals surface area contributed by atoms with Crippen LogP contribution < -0.4 is 0 Å². The summed E-state index contributed by atoms with van der Waals surface area (Å²) in [6.07, 6.45) is 2.70. The second-order valence-electron chi connectivity index (χ2n) is 5.44. The monoisotopic (exact) mass is 296 g/mol. The third-order valence-corrected chi connectivity index (χ3v) is 5.18. The topological polar surface area (TPSA) is 51.2 Å². The number of hydrogen-bond donors (Lipinski definition) is 0. The quantitative estimate of drug-likeness (QED) is 0.738. The summed E-state index contributed by atoms with van der Waals surface area (Å²) in [7, 11) is -3.15. The lowest BCUT2D eigenvalue weighted by atomic mass is 10.0. The average Bonchev–Trinajstić information content (AvgIpc) is 2.38. The van der Waals surface area contributed by atoms with Crippen molar-refractivity contribution in [1.82, 2.24) is 0 Å². The van der Waals surface area contributed by atoms with E-state index in [4.69, 9.17) is 0 Å². The molecule has 112 valence electrons. The second kappa shape index (κ2) is 7.58. The fraction of sp³-hybridized carbons (Fsp3) is 0.562. The van der Waals surface area contributed by atoms with Gasteiger partial charge in [-0.2, -0.15) is 0 Å². The molecule has 4 heteroatoms. The zero-order chi connectivity index (χ0) is 15.2. The minimum Gasteiger partial charge on any atom is -0.299 e. The number of sulfone groups is 1. The van der Waals surface area contributed by atoms with Gasteiger partial charge in [0.2, 0.25) is 0 Å². The van der Waals surface area contributed by atoms with Gasteiger partial charge in [0, 0.05) is 12.3 Å². The molecule has 0 bridgehead atoms. The van der Waals surface area contributed by atoms with E-state index < -0.39 is 9.84 Å². The fourth-order valence-electron chi connectivity index (χ4n) is 2.04. The van der Waals surface area contributed by atoms with Crippen LogP contribution in [-0.2, 0) is 21.1 Å². The van der Waals surface area contributed by atoms with Crippen LogP contribution in [0.15, 0.2) is 29.2 Å². The molecular formula is C16H24O3S. The van der Waals surface area contributed by atoms with Gasteiger partial charge in [0.1, 0.15) is 5.78 Å². The van der Waals surface area contributed by atoms with E-state index in [1.807, 2.05) is 26.8 Å². The molecule has 3 nitrogen and oxygen atoms in total. The predicted molar refractivity (Wildman–Crippen MR) is 81.6 cm³/mol. The van der Waals surface area contributed by atoms with Gasteiger partial charge in [-0.05, 0) is 37.0 Å². The van der Waals surface area contributed by atoms with Crippen LogP contribution in [0, 0.1) is 5.92 Å². The molecule has 0 amide bonds. The molecule has 0 N–H and O–H groups in total. The molecule has 0 saturated carbocycles. The molecule has 0 atom stereocenters. The Balaban J connectivity index is 2.67. The highest BCUT2D eigenvalue weighted by atomic mass is 32.2. The van der Waals surface area contributed by atoms with Crippen molar-refractivity contribution >= 4 is 15.6 Å². The first-order chi connectivity index (χ1) is 9.36. The summed E-state index contributed by atoms with van der Waals surface area (Å²) in [5.41, 5.74) is 0.985. The highest BCUT2D eigenvalue weighted by Crippen LogP contribution is 2.16. The third kappa shape index (κ3) is 5.08. The van der Waals surface area contributed by atoms with Crippen molar-refractivity contribution in [3.05, 3.63) is 29.8 Å². The first-order valence-corrected chi connectivity index (χ1v) is 8.86. The molecule has 0 spiro atoms. The van der Waals surface area contributed by atoms with Gasteiger partial charge in [-0.1, -0.05) is 32.9 Å². The Morgan fingerprint density at radius 2 is 1.95 bits per heavy atom. The number of rotatable bonds is 8. The maximum absolute atomic E-state index is 12.0. The van der Waals surface area contributed by atoms with Gasteiger partial charge in [0.05, 0.1) is 10.6 Å². The minimum absolute atomic E-state index is 0.0752. The van der Waals surface area contributed by atoms with Crippen LogP contribution in [-0.4, -0.2) is 20.0 Å². The molecule has 0 fully saturated rings. The molecule has 1 rings (SSSR count). The van der Waals surface area contributed by atoms with Crippen LogP contribution in [0.2, 0.25) is 0 Å². The van der Waals surface area contributed by atoms with Gasteiger partial charge in [0.25, 0.3) is 0 Å². The molecular weight excluding hydrogens is 272 g/mol. The van der Waals surface area contributed by atoms with E-state index in [-0.39, 0.29) is 17.5 Å². The molecule has 0 aliphatic heterocycles. The molecule has 0 unspecified atom stereocenters. The van der Waals surface area contributed by atoms with E-state index in [0.29, 0.717) is 17.7 Å². The van der Waals surface area contributed by atoms with E-state index >= 15 is 0 Å². The molecule has 0 aliphatic rings. The summed E-state index contributed by atoms with van der Waals surface area (Å²) in [6, 6.07) is 7.09. The van der Waals surface area contributed by atoms with Gasteiger partial charge >= 0.3 is 0 Å². The Morgan fingerprint density at radius 1 is 1.25 bits per heavy atom. The molecule has 1 aromatic rings. The number of carbonyl (C=O) groups excluding carboxylic acids is 1. The van der Waals surface area contributed by atoms with E-state index in [1.54, 1.807) is 18.2 Å². The first kappa shape index (κ1) is 16.9. The summed E-state index contributed by atoms with van der Waals surface area (Å²) in [6.45, 7) is 5.67. The summed E-state index contributed by atoms with van der Waals surface area (Å²) in [5.74, 6) is 0.522. The second-order valence-corrected chi connectivity index (χ2v) is 7.55. The first-order valence-electron chi connectivity index (χ1n) is 7.21. The maximum Gasteiger partial charge on any atom is 0.178 e. The summed E-state index contributed by atoms with van der Waals surface area (Å²) >= 11 is 0. The molecule has 0 radical (unpaired) electrons.